The molecule has 0 saturated heterocycles. The molecule has 0 fully saturated rings. The van der Waals surface area contributed by atoms with Crippen LogP contribution in [0.2, 0.25) is 0 Å². The van der Waals surface area contributed by atoms with Crippen LogP contribution in [0.5, 0.6) is 5.75 Å². The number of nitrogens with zero attached hydrogens (tertiary/aromatic N) is 2. The highest BCUT2D eigenvalue weighted by Crippen LogP contribution is 2.40. The third-order valence-corrected chi connectivity index (χ3v) is 8.20. The molecule has 3 N–H and O–H groups in total. The van der Waals surface area contributed by atoms with Gasteiger partial charge in [-0.1, -0.05) is 12.1 Å². The fraction of sp³-hybridized carbons (Fsp3) is 0.185. The molecule has 182 valence electrons. The summed E-state index contributed by atoms with van der Waals surface area (Å²) in [5.74, 6) is -0.503. The number of rotatable bonds is 7. The van der Waals surface area contributed by atoms with Gasteiger partial charge in [-0.15, -0.1) is 22.7 Å². The number of fused-ring (bicyclic) bond motifs is 1. The van der Waals surface area contributed by atoms with Crippen LogP contribution in [0.1, 0.15) is 54.9 Å². The van der Waals surface area contributed by atoms with E-state index in [1.54, 1.807) is 31.5 Å². The SMILES string of the molecule is C/C(=N\NC(=O)c1ccc(C(=O)NCc2ccncc2)s1)c1csc(-c2ccc3c(c2)CCC3)c1O. The zero-order chi connectivity index (χ0) is 25.1. The van der Waals surface area contributed by atoms with Gasteiger partial charge >= 0.3 is 0 Å². The maximum Gasteiger partial charge on any atom is 0.281 e. The summed E-state index contributed by atoms with van der Waals surface area (Å²) in [6, 6.07) is 13.2. The first kappa shape index (κ1) is 23.9. The summed E-state index contributed by atoms with van der Waals surface area (Å²) in [4.78, 5) is 30.6. The Morgan fingerprint density at radius 2 is 1.78 bits per heavy atom. The van der Waals surface area contributed by atoms with Crippen molar-refractivity contribution in [1.82, 2.24) is 15.7 Å². The number of aromatic nitrogens is 1. The third kappa shape index (κ3) is 5.07. The number of hydrogen-bond donors (Lipinski definition) is 3. The molecule has 0 radical (unpaired) electrons. The predicted molar refractivity (Wildman–Crippen MR) is 143 cm³/mol. The second kappa shape index (κ2) is 10.4. The Labute approximate surface area is 216 Å². The summed E-state index contributed by atoms with van der Waals surface area (Å²) >= 11 is 2.55. The summed E-state index contributed by atoms with van der Waals surface area (Å²) < 4.78 is 0. The highest BCUT2D eigenvalue weighted by molar-refractivity contribution is 7.16. The first-order valence-electron chi connectivity index (χ1n) is 11.5. The number of pyridine rings is 1. The summed E-state index contributed by atoms with van der Waals surface area (Å²) in [5.41, 5.74) is 8.28. The van der Waals surface area contributed by atoms with Crippen LogP contribution in [0.25, 0.3) is 10.4 Å². The molecule has 2 amide bonds. The maximum atomic E-state index is 12.6. The lowest BCUT2D eigenvalue weighted by Gasteiger charge is -2.05. The topological polar surface area (TPSA) is 104 Å². The molecule has 0 aliphatic heterocycles. The number of aryl methyl sites for hydroxylation is 2. The van der Waals surface area contributed by atoms with Gasteiger partial charge in [-0.25, -0.2) is 5.43 Å². The van der Waals surface area contributed by atoms with E-state index in [2.05, 4.69) is 39.0 Å². The van der Waals surface area contributed by atoms with Gasteiger partial charge in [0.05, 0.1) is 25.9 Å². The molecular formula is C27H24N4O3S2. The van der Waals surface area contributed by atoms with Crippen LogP contribution in [-0.4, -0.2) is 27.6 Å². The minimum atomic E-state index is -0.416. The number of amides is 2. The van der Waals surface area contributed by atoms with Crippen molar-refractivity contribution in [3.05, 3.63) is 92.2 Å². The van der Waals surface area contributed by atoms with Crippen LogP contribution in [0, 0.1) is 0 Å². The number of carbonyl (C=O) groups is 2. The number of carbonyl (C=O) groups excluding carboxylic acids is 2. The molecule has 1 aliphatic carbocycles. The van der Waals surface area contributed by atoms with Gasteiger partial charge in [0, 0.05) is 24.3 Å². The lowest BCUT2D eigenvalue weighted by Crippen LogP contribution is -2.21. The molecule has 1 aliphatic rings. The number of nitrogens with one attached hydrogen (secondary N) is 2. The van der Waals surface area contributed by atoms with Crippen molar-refractivity contribution in [3.63, 3.8) is 0 Å². The van der Waals surface area contributed by atoms with E-state index >= 15 is 0 Å². The Hall–Kier alpha value is -3.82. The lowest BCUT2D eigenvalue weighted by atomic mass is 10.0. The molecule has 3 aromatic heterocycles. The number of hydrogen-bond acceptors (Lipinski definition) is 7. The summed E-state index contributed by atoms with van der Waals surface area (Å²) in [6.45, 7) is 2.11. The van der Waals surface area contributed by atoms with E-state index in [-0.39, 0.29) is 11.7 Å². The molecule has 1 aromatic carbocycles. The van der Waals surface area contributed by atoms with Crippen LogP contribution in [0.3, 0.4) is 0 Å². The van der Waals surface area contributed by atoms with Gasteiger partial charge in [0.25, 0.3) is 11.8 Å². The zero-order valence-electron chi connectivity index (χ0n) is 19.6. The van der Waals surface area contributed by atoms with E-state index < -0.39 is 5.91 Å². The Balaban J connectivity index is 1.22. The van der Waals surface area contributed by atoms with Gasteiger partial charge in [-0.2, -0.15) is 5.10 Å². The lowest BCUT2D eigenvalue weighted by molar-refractivity contribution is 0.0950. The van der Waals surface area contributed by atoms with Crippen molar-refractivity contribution in [1.29, 1.82) is 0 Å². The Kier molecular flexibility index (Phi) is 6.92. The smallest absolute Gasteiger partial charge is 0.281 e. The molecule has 0 bridgehead atoms. The summed E-state index contributed by atoms with van der Waals surface area (Å²) in [6.07, 6.45) is 6.70. The van der Waals surface area contributed by atoms with E-state index in [0.717, 1.165) is 40.2 Å². The Morgan fingerprint density at radius 3 is 2.58 bits per heavy atom. The molecule has 36 heavy (non-hydrogen) atoms. The summed E-state index contributed by atoms with van der Waals surface area (Å²) in [7, 11) is 0. The van der Waals surface area contributed by atoms with Crippen LogP contribution < -0.4 is 10.7 Å². The molecular weight excluding hydrogens is 492 g/mol. The molecule has 0 unspecified atom stereocenters. The highest BCUT2D eigenvalue weighted by Gasteiger charge is 2.18. The van der Waals surface area contributed by atoms with Crippen molar-refractivity contribution in [3.8, 4) is 16.2 Å². The molecule has 0 spiro atoms. The minimum Gasteiger partial charge on any atom is -0.506 e. The average Bonchev–Trinajstić information content (AvgIpc) is 3.65. The quantitative estimate of drug-likeness (QED) is 0.233. The van der Waals surface area contributed by atoms with Gasteiger partial charge in [0.1, 0.15) is 5.75 Å². The van der Waals surface area contributed by atoms with Crippen LogP contribution in [-0.2, 0) is 19.4 Å². The fourth-order valence-electron chi connectivity index (χ4n) is 4.13. The molecule has 9 heteroatoms. The van der Waals surface area contributed by atoms with Gasteiger partial charge in [0.15, 0.2) is 0 Å². The van der Waals surface area contributed by atoms with E-state index in [4.69, 9.17) is 0 Å². The molecule has 4 aromatic rings. The second-order valence-corrected chi connectivity index (χ2v) is 10.5. The highest BCUT2D eigenvalue weighted by atomic mass is 32.1. The molecule has 3 heterocycles. The second-order valence-electron chi connectivity index (χ2n) is 8.50. The Bertz CT molecular complexity index is 1460. The van der Waals surface area contributed by atoms with E-state index in [1.165, 1.54) is 28.9 Å². The van der Waals surface area contributed by atoms with Crippen molar-refractivity contribution in [2.75, 3.05) is 0 Å². The van der Waals surface area contributed by atoms with Crippen molar-refractivity contribution in [2.45, 2.75) is 32.7 Å². The molecule has 0 atom stereocenters. The minimum absolute atomic E-state index is 0.165. The predicted octanol–water partition coefficient (Wildman–Crippen LogP) is 5.15. The van der Waals surface area contributed by atoms with Crippen molar-refractivity contribution in [2.24, 2.45) is 5.10 Å². The zero-order valence-corrected chi connectivity index (χ0v) is 21.2. The van der Waals surface area contributed by atoms with Gasteiger partial charge in [0.2, 0.25) is 0 Å². The van der Waals surface area contributed by atoms with Crippen LogP contribution >= 0.6 is 22.7 Å². The Morgan fingerprint density at radius 1 is 1.03 bits per heavy atom. The monoisotopic (exact) mass is 516 g/mol. The number of benzene rings is 1. The van der Waals surface area contributed by atoms with Gasteiger partial charge in [-0.3, -0.25) is 14.6 Å². The van der Waals surface area contributed by atoms with E-state index in [9.17, 15) is 14.7 Å². The normalized spacial score (nSPS) is 12.9. The summed E-state index contributed by atoms with van der Waals surface area (Å²) in [5, 5.41) is 19.7. The van der Waals surface area contributed by atoms with Crippen LogP contribution in [0.4, 0.5) is 0 Å². The van der Waals surface area contributed by atoms with Crippen LogP contribution in [0.15, 0.2) is 65.3 Å². The average molecular weight is 517 g/mol. The molecule has 0 saturated carbocycles. The third-order valence-electron chi connectivity index (χ3n) is 6.10. The van der Waals surface area contributed by atoms with Gasteiger partial charge < -0.3 is 10.4 Å². The van der Waals surface area contributed by atoms with E-state index in [1.807, 2.05) is 17.5 Å². The fourth-order valence-corrected chi connectivity index (χ4v) is 5.94. The maximum absolute atomic E-state index is 12.6. The van der Waals surface area contributed by atoms with Gasteiger partial charge in [-0.05, 0) is 78.8 Å². The van der Waals surface area contributed by atoms with E-state index in [0.29, 0.717) is 27.6 Å². The number of hydrazone groups is 1. The standard InChI is InChI=1S/C27H24N4O3S2/c1-16(21-15-35-25(24(21)32)20-6-5-18-3-2-4-19(18)13-20)30-31-27(34)23-8-7-22(36-23)26(33)29-14-17-9-11-28-12-10-17/h5-13,15,32H,2-4,14H2,1H3,(H,29,33)(H,31,34)/b30-16+. The van der Waals surface area contributed by atoms with Crippen molar-refractivity contribution >= 4 is 40.2 Å². The van der Waals surface area contributed by atoms with Crippen molar-refractivity contribution < 1.29 is 14.7 Å². The first-order chi connectivity index (χ1) is 17.5. The molecule has 5 rings (SSSR count). The first-order valence-corrected chi connectivity index (χ1v) is 13.2. The largest absolute Gasteiger partial charge is 0.506 e. The molecule has 7 nitrogen and oxygen atoms in total. The number of thiophene rings is 2. The number of aromatic hydroxyl groups is 1.